The summed E-state index contributed by atoms with van der Waals surface area (Å²) in [7, 11) is 0. The first-order chi connectivity index (χ1) is 18.5. The normalized spacial score (nSPS) is 16.0. The Bertz CT molecular complexity index is 1650. The predicted molar refractivity (Wildman–Crippen MR) is 149 cm³/mol. The van der Waals surface area contributed by atoms with E-state index in [-0.39, 0.29) is 18.3 Å². The van der Waals surface area contributed by atoms with Crippen LogP contribution in [0, 0.1) is 0 Å². The Morgan fingerprint density at radius 2 is 1.68 bits per heavy atom. The Morgan fingerprint density at radius 3 is 2.34 bits per heavy atom. The third kappa shape index (κ3) is 5.10. The molecule has 0 amide bonds. The van der Waals surface area contributed by atoms with Crippen molar-refractivity contribution in [2.75, 3.05) is 6.61 Å². The van der Waals surface area contributed by atoms with Crippen molar-refractivity contribution in [3.63, 3.8) is 0 Å². The maximum absolute atomic E-state index is 13.7. The molecule has 192 valence electrons. The SMILES string of the molecule is CCOC(=O)C1=C(C)N=c2s/c(=C\c3ccc(O[C@@H](C)c4ccccc4)cc3)c(=O)n2[C@@H]1c1ccccc1. The number of fused-ring (bicyclic) bond motifs is 1. The number of carbonyl (C=O) groups is 1. The lowest BCUT2D eigenvalue weighted by Gasteiger charge is -2.24. The molecule has 0 bridgehead atoms. The standard InChI is InChI=1S/C31H28N2O4S/c1-4-36-30(35)27-20(2)32-31-33(28(27)24-13-9-6-10-14-24)29(34)26(38-31)19-22-15-17-25(18-16-22)37-21(3)23-11-7-5-8-12-23/h5-19,21,28H,4H2,1-3H3/b26-19-/t21-,28+/m0/s1. The van der Waals surface area contributed by atoms with E-state index in [2.05, 4.69) is 4.99 Å². The lowest BCUT2D eigenvalue weighted by atomic mass is 9.96. The molecular formula is C31H28N2O4S. The van der Waals surface area contributed by atoms with Crippen LogP contribution in [-0.2, 0) is 9.53 Å². The molecule has 6 nitrogen and oxygen atoms in total. The Kier molecular flexibility index (Phi) is 7.38. The van der Waals surface area contributed by atoms with Gasteiger partial charge in [0.2, 0.25) is 0 Å². The topological polar surface area (TPSA) is 69.9 Å². The van der Waals surface area contributed by atoms with E-state index in [1.54, 1.807) is 18.4 Å². The molecule has 1 aromatic heterocycles. The number of nitrogens with zero attached hydrogens (tertiary/aromatic N) is 2. The number of carbonyl (C=O) groups excluding carboxylic acids is 1. The quantitative estimate of drug-likeness (QED) is 0.321. The highest BCUT2D eigenvalue weighted by atomic mass is 32.1. The molecule has 5 rings (SSSR count). The summed E-state index contributed by atoms with van der Waals surface area (Å²) >= 11 is 1.31. The van der Waals surface area contributed by atoms with Gasteiger partial charge in [-0.3, -0.25) is 9.36 Å². The Morgan fingerprint density at radius 1 is 1.03 bits per heavy atom. The van der Waals surface area contributed by atoms with Crippen LogP contribution >= 0.6 is 11.3 Å². The van der Waals surface area contributed by atoms with Gasteiger partial charge in [-0.2, -0.15) is 0 Å². The highest BCUT2D eigenvalue weighted by Gasteiger charge is 2.33. The second kappa shape index (κ2) is 11.0. The van der Waals surface area contributed by atoms with Gasteiger partial charge in [0.15, 0.2) is 4.80 Å². The number of thiazole rings is 1. The summed E-state index contributed by atoms with van der Waals surface area (Å²) in [4.78, 5) is 31.8. The highest BCUT2D eigenvalue weighted by Crippen LogP contribution is 2.30. The largest absolute Gasteiger partial charge is 0.486 e. The van der Waals surface area contributed by atoms with Crippen molar-refractivity contribution >= 4 is 23.4 Å². The first-order valence-corrected chi connectivity index (χ1v) is 13.3. The van der Waals surface area contributed by atoms with Gasteiger partial charge < -0.3 is 9.47 Å². The molecule has 0 spiro atoms. The number of rotatable bonds is 7. The van der Waals surface area contributed by atoms with Crippen LogP contribution in [0.2, 0.25) is 0 Å². The van der Waals surface area contributed by atoms with E-state index in [9.17, 15) is 9.59 Å². The third-order valence-corrected chi connectivity index (χ3v) is 7.37. The summed E-state index contributed by atoms with van der Waals surface area (Å²) in [6.07, 6.45) is 1.76. The van der Waals surface area contributed by atoms with E-state index in [0.717, 1.165) is 22.4 Å². The summed E-state index contributed by atoms with van der Waals surface area (Å²) in [6, 6.07) is 26.6. The van der Waals surface area contributed by atoms with E-state index in [1.807, 2.05) is 97.9 Å². The average molecular weight is 525 g/mol. The first-order valence-electron chi connectivity index (χ1n) is 12.5. The fourth-order valence-electron chi connectivity index (χ4n) is 4.53. The van der Waals surface area contributed by atoms with Crippen LogP contribution in [0.1, 0.15) is 49.6 Å². The summed E-state index contributed by atoms with van der Waals surface area (Å²) in [6.45, 7) is 5.80. The van der Waals surface area contributed by atoms with Gasteiger partial charge in [0.1, 0.15) is 11.9 Å². The molecule has 38 heavy (non-hydrogen) atoms. The van der Waals surface area contributed by atoms with Gasteiger partial charge in [0, 0.05) is 0 Å². The number of aromatic nitrogens is 1. The van der Waals surface area contributed by atoms with E-state index in [4.69, 9.17) is 9.47 Å². The van der Waals surface area contributed by atoms with Crippen LogP contribution in [0.4, 0.5) is 0 Å². The molecule has 0 aliphatic carbocycles. The lowest BCUT2D eigenvalue weighted by molar-refractivity contribution is -0.139. The zero-order chi connectivity index (χ0) is 26.6. The van der Waals surface area contributed by atoms with Gasteiger partial charge in [-0.15, -0.1) is 0 Å². The summed E-state index contributed by atoms with van der Waals surface area (Å²) in [5.41, 5.74) is 3.53. The first kappa shape index (κ1) is 25.4. The van der Waals surface area contributed by atoms with E-state index in [0.29, 0.717) is 20.6 Å². The van der Waals surface area contributed by atoms with Gasteiger partial charge in [-0.1, -0.05) is 84.1 Å². The Hall–Kier alpha value is -4.23. The molecule has 3 aromatic carbocycles. The van der Waals surface area contributed by atoms with Crippen molar-refractivity contribution in [3.8, 4) is 5.75 Å². The van der Waals surface area contributed by atoms with Gasteiger partial charge in [-0.25, -0.2) is 9.79 Å². The third-order valence-electron chi connectivity index (χ3n) is 6.39. The molecule has 2 atom stereocenters. The monoisotopic (exact) mass is 524 g/mol. The second-order valence-corrected chi connectivity index (χ2v) is 9.96. The van der Waals surface area contributed by atoms with Crippen molar-refractivity contribution < 1.29 is 14.3 Å². The number of allylic oxidation sites excluding steroid dienone is 1. The summed E-state index contributed by atoms with van der Waals surface area (Å²) in [5.74, 6) is 0.288. The number of hydrogen-bond acceptors (Lipinski definition) is 6. The van der Waals surface area contributed by atoms with Crippen LogP contribution < -0.4 is 19.6 Å². The molecule has 7 heteroatoms. The van der Waals surface area contributed by atoms with Crippen molar-refractivity contribution in [2.24, 2.45) is 4.99 Å². The maximum atomic E-state index is 13.7. The predicted octanol–water partition coefficient (Wildman–Crippen LogP) is 4.94. The van der Waals surface area contributed by atoms with Gasteiger partial charge in [-0.05, 0) is 55.7 Å². The Labute approximate surface area is 224 Å². The minimum atomic E-state index is -0.607. The van der Waals surface area contributed by atoms with E-state index >= 15 is 0 Å². The van der Waals surface area contributed by atoms with E-state index < -0.39 is 12.0 Å². The molecule has 0 radical (unpaired) electrons. The van der Waals surface area contributed by atoms with Crippen LogP contribution in [0.15, 0.2) is 106 Å². The molecule has 0 fully saturated rings. The molecule has 1 aliphatic rings. The van der Waals surface area contributed by atoms with Crippen molar-refractivity contribution in [1.82, 2.24) is 4.57 Å². The summed E-state index contributed by atoms with van der Waals surface area (Å²) in [5, 5.41) is 0. The van der Waals surface area contributed by atoms with Crippen molar-refractivity contribution in [1.29, 1.82) is 0 Å². The average Bonchev–Trinajstić information content (AvgIpc) is 3.24. The van der Waals surface area contributed by atoms with Crippen LogP contribution in [0.25, 0.3) is 6.08 Å². The molecule has 0 N–H and O–H groups in total. The molecule has 0 saturated carbocycles. The molecule has 0 saturated heterocycles. The molecule has 0 unspecified atom stereocenters. The number of hydrogen-bond donors (Lipinski definition) is 0. The van der Waals surface area contributed by atoms with Crippen LogP contribution in [0.3, 0.4) is 0 Å². The van der Waals surface area contributed by atoms with E-state index in [1.165, 1.54) is 11.3 Å². The fourth-order valence-corrected chi connectivity index (χ4v) is 5.58. The maximum Gasteiger partial charge on any atom is 0.338 e. The molecule has 4 aromatic rings. The van der Waals surface area contributed by atoms with Gasteiger partial charge >= 0.3 is 5.97 Å². The molecule has 2 heterocycles. The zero-order valence-electron chi connectivity index (χ0n) is 21.5. The molecule has 1 aliphatic heterocycles. The number of benzene rings is 3. The highest BCUT2D eigenvalue weighted by molar-refractivity contribution is 7.07. The van der Waals surface area contributed by atoms with Crippen molar-refractivity contribution in [3.05, 3.63) is 133 Å². The van der Waals surface area contributed by atoms with Gasteiger partial charge in [0.05, 0.1) is 28.5 Å². The second-order valence-electron chi connectivity index (χ2n) is 8.95. The fraction of sp³-hybridized carbons (Fsp3) is 0.194. The molecular weight excluding hydrogens is 496 g/mol. The minimum Gasteiger partial charge on any atom is -0.486 e. The smallest absolute Gasteiger partial charge is 0.338 e. The summed E-state index contributed by atoms with van der Waals surface area (Å²) < 4.78 is 13.6. The van der Waals surface area contributed by atoms with Crippen molar-refractivity contribution in [2.45, 2.75) is 32.9 Å². The Balaban J connectivity index is 1.50. The zero-order valence-corrected chi connectivity index (χ0v) is 22.3. The number of esters is 1. The van der Waals surface area contributed by atoms with Crippen LogP contribution in [-0.4, -0.2) is 17.1 Å². The number of ether oxygens (including phenoxy) is 2. The minimum absolute atomic E-state index is 0.0828. The van der Waals surface area contributed by atoms with Crippen LogP contribution in [0.5, 0.6) is 5.75 Å². The van der Waals surface area contributed by atoms with Gasteiger partial charge in [0.25, 0.3) is 5.56 Å². The lowest BCUT2D eigenvalue weighted by Crippen LogP contribution is -2.39.